The maximum Gasteiger partial charge on any atom is 0.326 e. The Bertz CT molecular complexity index is 582. The normalized spacial score (nSPS) is 18.6. The summed E-state index contributed by atoms with van der Waals surface area (Å²) in [6.45, 7) is 0.740. The minimum atomic E-state index is -1.23. The van der Waals surface area contributed by atoms with Crippen LogP contribution in [-0.2, 0) is 20.7 Å². The van der Waals surface area contributed by atoms with Gasteiger partial charge in [0.2, 0.25) is 5.91 Å². The summed E-state index contributed by atoms with van der Waals surface area (Å²) >= 11 is 0. The van der Waals surface area contributed by atoms with Gasteiger partial charge in [-0.2, -0.15) is 0 Å². The average Bonchev–Trinajstić information content (AvgIpc) is 3.01. The Hall–Kier alpha value is -2.48. The van der Waals surface area contributed by atoms with Crippen molar-refractivity contribution in [3.05, 3.63) is 39.9 Å². The van der Waals surface area contributed by atoms with E-state index in [9.17, 15) is 24.8 Å². The molecule has 8 heteroatoms. The highest BCUT2D eigenvalue weighted by Gasteiger charge is 2.29. The number of para-hydroxylation sites is 1. The fourth-order valence-electron chi connectivity index (χ4n) is 2.31. The van der Waals surface area contributed by atoms with Crippen molar-refractivity contribution in [3.8, 4) is 0 Å². The number of amides is 1. The number of nitrogens with zero attached hydrogens (tertiary/aromatic N) is 1. The fourth-order valence-corrected chi connectivity index (χ4v) is 2.31. The minimum Gasteiger partial charge on any atom is -0.480 e. The standard InChI is InChI=1S/C14H16N2O6/c17-13(10-5-6-22-8-10)15-11(14(18)19)7-9-3-1-2-4-12(9)16(20)21/h1-4,10-11H,5-8H2,(H,15,17)(H,18,19)/t10-,11+/m1/s1. The number of nitro groups is 1. The molecule has 0 radical (unpaired) electrons. The van der Waals surface area contributed by atoms with Crippen LogP contribution in [0.3, 0.4) is 0 Å². The summed E-state index contributed by atoms with van der Waals surface area (Å²) in [5, 5.41) is 22.6. The Kier molecular flexibility index (Phi) is 5.05. The smallest absolute Gasteiger partial charge is 0.326 e. The summed E-state index contributed by atoms with van der Waals surface area (Å²) in [6, 6.07) is 4.67. The Labute approximate surface area is 126 Å². The quantitative estimate of drug-likeness (QED) is 0.591. The van der Waals surface area contributed by atoms with Crippen molar-refractivity contribution in [1.82, 2.24) is 5.32 Å². The van der Waals surface area contributed by atoms with Gasteiger partial charge < -0.3 is 15.2 Å². The number of hydrogen-bond acceptors (Lipinski definition) is 5. The van der Waals surface area contributed by atoms with Crippen molar-refractivity contribution in [1.29, 1.82) is 0 Å². The third-order valence-corrected chi connectivity index (χ3v) is 3.53. The van der Waals surface area contributed by atoms with Crippen molar-refractivity contribution in [2.75, 3.05) is 13.2 Å². The maximum absolute atomic E-state index is 12.0. The topological polar surface area (TPSA) is 119 Å². The lowest BCUT2D eigenvalue weighted by atomic mass is 10.0. The van der Waals surface area contributed by atoms with E-state index in [1.807, 2.05) is 0 Å². The molecule has 0 unspecified atom stereocenters. The second kappa shape index (κ2) is 6.99. The van der Waals surface area contributed by atoms with Gasteiger partial charge in [-0.15, -0.1) is 0 Å². The Morgan fingerprint density at radius 2 is 2.18 bits per heavy atom. The monoisotopic (exact) mass is 308 g/mol. The summed E-state index contributed by atoms with van der Waals surface area (Å²) in [7, 11) is 0. The number of aliphatic carboxylic acids is 1. The second-order valence-corrected chi connectivity index (χ2v) is 5.05. The molecule has 118 valence electrons. The number of nitro benzene ring substituents is 1. The van der Waals surface area contributed by atoms with E-state index < -0.39 is 22.8 Å². The van der Waals surface area contributed by atoms with Gasteiger partial charge in [-0.25, -0.2) is 4.79 Å². The summed E-state index contributed by atoms with van der Waals surface area (Å²) in [6.07, 6.45) is 0.398. The Morgan fingerprint density at radius 3 is 2.77 bits per heavy atom. The molecule has 1 aliphatic rings. The Morgan fingerprint density at radius 1 is 1.45 bits per heavy atom. The summed E-state index contributed by atoms with van der Waals surface area (Å²) in [5.41, 5.74) is 0.107. The van der Waals surface area contributed by atoms with E-state index in [0.717, 1.165) is 0 Å². The molecule has 1 aromatic carbocycles. The molecule has 1 heterocycles. The minimum absolute atomic E-state index is 0.147. The van der Waals surface area contributed by atoms with E-state index in [0.29, 0.717) is 13.0 Å². The van der Waals surface area contributed by atoms with Crippen molar-refractivity contribution >= 4 is 17.6 Å². The molecule has 1 aliphatic heterocycles. The van der Waals surface area contributed by atoms with Crippen LogP contribution in [0.25, 0.3) is 0 Å². The van der Waals surface area contributed by atoms with Crippen LogP contribution >= 0.6 is 0 Å². The molecule has 1 aromatic rings. The summed E-state index contributed by atoms with van der Waals surface area (Å²) in [4.78, 5) is 33.7. The van der Waals surface area contributed by atoms with Crippen molar-refractivity contribution in [2.24, 2.45) is 5.92 Å². The molecule has 8 nitrogen and oxygen atoms in total. The van der Waals surface area contributed by atoms with Crippen LogP contribution in [0.15, 0.2) is 24.3 Å². The van der Waals surface area contributed by atoms with E-state index in [2.05, 4.69) is 5.32 Å². The zero-order valence-electron chi connectivity index (χ0n) is 11.7. The zero-order valence-corrected chi connectivity index (χ0v) is 11.7. The van der Waals surface area contributed by atoms with E-state index >= 15 is 0 Å². The molecule has 2 atom stereocenters. The van der Waals surface area contributed by atoms with Crippen molar-refractivity contribution in [2.45, 2.75) is 18.9 Å². The number of nitrogens with one attached hydrogen (secondary N) is 1. The number of rotatable bonds is 6. The zero-order chi connectivity index (χ0) is 16.1. The van der Waals surface area contributed by atoms with Crippen molar-refractivity contribution in [3.63, 3.8) is 0 Å². The van der Waals surface area contributed by atoms with E-state index in [-0.39, 0.29) is 30.2 Å². The molecule has 0 aliphatic carbocycles. The molecule has 0 bridgehead atoms. The van der Waals surface area contributed by atoms with Gasteiger partial charge in [-0.05, 0) is 6.42 Å². The lowest BCUT2D eigenvalue weighted by molar-refractivity contribution is -0.385. The number of carbonyl (C=O) groups is 2. The van der Waals surface area contributed by atoms with Gasteiger partial charge in [0.05, 0.1) is 17.4 Å². The summed E-state index contributed by atoms with van der Waals surface area (Å²) in [5.74, 6) is -2.00. The molecule has 0 saturated carbocycles. The van der Waals surface area contributed by atoms with Gasteiger partial charge in [0.1, 0.15) is 6.04 Å². The highest BCUT2D eigenvalue weighted by molar-refractivity contribution is 5.85. The van der Waals surface area contributed by atoms with E-state index in [1.54, 1.807) is 6.07 Å². The first-order valence-electron chi connectivity index (χ1n) is 6.82. The SMILES string of the molecule is O=C(N[C@@H](Cc1ccccc1[N+](=O)[O-])C(=O)O)[C@@H]1CCOC1. The van der Waals surface area contributed by atoms with E-state index in [1.165, 1.54) is 18.2 Å². The van der Waals surface area contributed by atoms with Gasteiger partial charge in [0.25, 0.3) is 5.69 Å². The summed E-state index contributed by atoms with van der Waals surface area (Å²) < 4.78 is 5.09. The van der Waals surface area contributed by atoms with Crippen LogP contribution in [-0.4, -0.2) is 41.2 Å². The molecule has 1 saturated heterocycles. The van der Waals surface area contributed by atoms with E-state index in [4.69, 9.17) is 4.74 Å². The predicted octanol–water partition coefficient (Wildman–Crippen LogP) is 0.743. The third-order valence-electron chi connectivity index (χ3n) is 3.53. The Balaban J connectivity index is 2.10. The highest BCUT2D eigenvalue weighted by atomic mass is 16.6. The number of hydrogen-bond donors (Lipinski definition) is 2. The first-order chi connectivity index (χ1) is 10.5. The largest absolute Gasteiger partial charge is 0.480 e. The van der Waals surface area contributed by atoms with Crippen molar-refractivity contribution < 1.29 is 24.4 Å². The molecule has 22 heavy (non-hydrogen) atoms. The highest BCUT2D eigenvalue weighted by Crippen LogP contribution is 2.20. The van der Waals surface area contributed by atoms with Gasteiger partial charge in [-0.3, -0.25) is 14.9 Å². The van der Waals surface area contributed by atoms with Gasteiger partial charge in [-0.1, -0.05) is 18.2 Å². The van der Waals surface area contributed by atoms with Crippen LogP contribution in [0.1, 0.15) is 12.0 Å². The first-order valence-corrected chi connectivity index (χ1v) is 6.82. The number of carboxylic acid groups (broad SMARTS) is 1. The molecule has 0 aromatic heterocycles. The lowest BCUT2D eigenvalue weighted by Crippen LogP contribution is -2.45. The number of carboxylic acids is 1. The fraction of sp³-hybridized carbons (Fsp3) is 0.429. The van der Waals surface area contributed by atoms with Crippen LogP contribution in [0.5, 0.6) is 0 Å². The van der Waals surface area contributed by atoms with Crippen LogP contribution in [0.4, 0.5) is 5.69 Å². The molecule has 0 spiro atoms. The molecule has 1 amide bonds. The van der Waals surface area contributed by atoms with Crippen LogP contribution in [0.2, 0.25) is 0 Å². The van der Waals surface area contributed by atoms with Crippen LogP contribution in [0, 0.1) is 16.0 Å². The first kappa shape index (κ1) is 15.9. The number of ether oxygens (including phenoxy) is 1. The molecular formula is C14H16N2O6. The van der Waals surface area contributed by atoms with Crippen LogP contribution < -0.4 is 5.32 Å². The number of benzene rings is 1. The molecule has 2 N–H and O–H groups in total. The second-order valence-electron chi connectivity index (χ2n) is 5.05. The number of carbonyl (C=O) groups excluding carboxylic acids is 1. The average molecular weight is 308 g/mol. The van der Waals surface area contributed by atoms with Gasteiger partial charge >= 0.3 is 5.97 Å². The third kappa shape index (κ3) is 3.79. The lowest BCUT2D eigenvalue weighted by Gasteiger charge is -2.16. The maximum atomic E-state index is 12.0. The molecule has 2 rings (SSSR count). The van der Waals surface area contributed by atoms with Gasteiger partial charge in [0, 0.05) is 24.7 Å². The predicted molar refractivity (Wildman–Crippen MR) is 75.3 cm³/mol. The molecular weight excluding hydrogens is 292 g/mol. The van der Waals surface area contributed by atoms with Gasteiger partial charge in [0.15, 0.2) is 0 Å². The molecule has 1 fully saturated rings.